The predicted molar refractivity (Wildman–Crippen MR) is 123 cm³/mol. The maximum atomic E-state index is 13.3. The van der Waals surface area contributed by atoms with E-state index in [9.17, 15) is 19.5 Å². The summed E-state index contributed by atoms with van der Waals surface area (Å²) in [5, 5.41) is 9.37. The lowest BCUT2D eigenvalue weighted by atomic mass is 9.68. The molecule has 0 bridgehead atoms. The lowest BCUT2D eigenvalue weighted by Crippen LogP contribution is -2.60. The molecule has 1 aromatic carbocycles. The van der Waals surface area contributed by atoms with Crippen molar-refractivity contribution in [1.82, 2.24) is 9.80 Å². The summed E-state index contributed by atoms with van der Waals surface area (Å²) in [5.74, 6) is 0.0516. The second kappa shape index (κ2) is 8.87. The Morgan fingerprint density at radius 3 is 2.76 bits per heavy atom. The third-order valence-corrected chi connectivity index (χ3v) is 8.35. The predicted octanol–water partition coefficient (Wildman–Crippen LogP) is 3.15. The molecule has 0 unspecified atom stereocenters. The molecule has 4 atom stereocenters. The van der Waals surface area contributed by atoms with E-state index in [4.69, 9.17) is 9.47 Å². The fraction of sp³-hybridized carbons (Fsp3) is 0.654. The van der Waals surface area contributed by atoms with Crippen molar-refractivity contribution in [3.8, 4) is 5.75 Å². The van der Waals surface area contributed by atoms with Crippen LogP contribution >= 0.6 is 0 Å². The van der Waals surface area contributed by atoms with E-state index < -0.39 is 17.1 Å². The summed E-state index contributed by atoms with van der Waals surface area (Å²) < 4.78 is 13.0. The lowest BCUT2D eigenvalue weighted by molar-refractivity contribution is -0.180. The van der Waals surface area contributed by atoms with Crippen molar-refractivity contribution in [3.05, 3.63) is 29.8 Å². The number of para-hydroxylation sites is 1. The molecule has 1 N–H and O–H groups in total. The molecule has 3 fully saturated rings. The second-order valence-corrected chi connectivity index (χ2v) is 10.5. The third-order valence-electron chi connectivity index (χ3n) is 8.35. The van der Waals surface area contributed by atoms with E-state index >= 15 is 0 Å². The maximum absolute atomic E-state index is 13.3. The van der Waals surface area contributed by atoms with Gasteiger partial charge in [0, 0.05) is 50.4 Å². The monoisotopic (exact) mass is 470 g/mol. The van der Waals surface area contributed by atoms with Crippen molar-refractivity contribution in [3.63, 3.8) is 0 Å². The normalized spacial score (nSPS) is 32.4. The number of hydrogen-bond donors (Lipinski definition) is 1. The number of ether oxygens (including phenoxy) is 2. The first-order chi connectivity index (χ1) is 16.3. The van der Waals surface area contributed by atoms with Gasteiger partial charge in [-0.05, 0) is 45.1 Å². The van der Waals surface area contributed by atoms with Gasteiger partial charge in [-0.3, -0.25) is 14.4 Å². The molecule has 1 aromatic rings. The van der Waals surface area contributed by atoms with Gasteiger partial charge in [0.25, 0.3) is 0 Å². The minimum Gasteiger partial charge on any atom is -0.487 e. The number of hydrogen-bond acceptors (Lipinski definition) is 5. The van der Waals surface area contributed by atoms with Crippen LogP contribution < -0.4 is 4.74 Å². The topological polar surface area (TPSA) is 96.4 Å². The molecule has 1 spiro atoms. The zero-order chi connectivity index (χ0) is 23.9. The molecule has 4 heterocycles. The largest absolute Gasteiger partial charge is 0.487 e. The minimum absolute atomic E-state index is 0.0153. The quantitative estimate of drug-likeness (QED) is 0.686. The van der Waals surface area contributed by atoms with Crippen molar-refractivity contribution in [2.75, 3.05) is 26.2 Å². The second-order valence-electron chi connectivity index (χ2n) is 10.5. The highest BCUT2D eigenvalue weighted by molar-refractivity contribution is 5.81. The first-order valence-corrected chi connectivity index (χ1v) is 12.5. The Bertz CT molecular complexity index is 982. The maximum Gasteiger partial charge on any atom is 0.303 e. The van der Waals surface area contributed by atoms with E-state index in [0.29, 0.717) is 39.0 Å². The molecule has 8 nitrogen and oxygen atoms in total. The molecule has 0 aliphatic carbocycles. The van der Waals surface area contributed by atoms with Crippen LogP contribution in [0, 0.1) is 5.92 Å². The van der Waals surface area contributed by atoms with Gasteiger partial charge in [0.2, 0.25) is 11.8 Å². The summed E-state index contributed by atoms with van der Waals surface area (Å²) in [6.07, 6.45) is 4.48. The molecule has 34 heavy (non-hydrogen) atoms. The molecule has 3 saturated heterocycles. The van der Waals surface area contributed by atoms with Crippen LogP contribution in [0.25, 0.3) is 0 Å². The number of carboxylic acids is 1. The summed E-state index contributed by atoms with van der Waals surface area (Å²) in [7, 11) is 0. The smallest absolute Gasteiger partial charge is 0.303 e. The number of amides is 2. The van der Waals surface area contributed by atoms with Gasteiger partial charge in [-0.15, -0.1) is 0 Å². The molecule has 5 rings (SSSR count). The number of fused-ring (bicyclic) bond motifs is 3. The number of rotatable bonds is 6. The molecule has 2 amide bonds. The zero-order valence-electron chi connectivity index (χ0n) is 19.8. The van der Waals surface area contributed by atoms with Gasteiger partial charge in [-0.25, -0.2) is 0 Å². The van der Waals surface area contributed by atoms with Gasteiger partial charge in [-0.1, -0.05) is 18.2 Å². The number of carboxylic acid groups (broad SMARTS) is 1. The Morgan fingerprint density at radius 2 is 2.00 bits per heavy atom. The van der Waals surface area contributed by atoms with Crippen molar-refractivity contribution in [1.29, 1.82) is 0 Å². The number of aliphatic carboxylic acids is 1. The highest BCUT2D eigenvalue weighted by atomic mass is 16.5. The summed E-state index contributed by atoms with van der Waals surface area (Å²) in [5.41, 5.74) is -0.115. The van der Waals surface area contributed by atoms with Crippen LogP contribution in [0.15, 0.2) is 24.3 Å². The van der Waals surface area contributed by atoms with Gasteiger partial charge in [0.05, 0.1) is 18.2 Å². The number of carbonyl (C=O) groups excluding carboxylic acids is 2. The average Bonchev–Trinajstić information content (AvgIpc) is 3.42. The van der Waals surface area contributed by atoms with Gasteiger partial charge in [0.1, 0.15) is 11.4 Å². The molecule has 8 heteroatoms. The highest BCUT2D eigenvalue weighted by Crippen LogP contribution is 2.55. The Morgan fingerprint density at radius 1 is 1.18 bits per heavy atom. The van der Waals surface area contributed by atoms with Gasteiger partial charge < -0.3 is 24.4 Å². The fourth-order valence-corrected chi connectivity index (χ4v) is 6.50. The van der Waals surface area contributed by atoms with Crippen LogP contribution in [-0.4, -0.2) is 70.1 Å². The van der Waals surface area contributed by atoms with E-state index in [1.165, 1.54) is 0 Å². The summed E-state index contributed by atoms with van der Waals surface area (Å²) in [4.78, 5) is 40.5. The van der Waals surface area contributed by atoms with E-state index in [1.807, 2.05) is 36.1 Å². The summed E-state index contributed by atoms with van der Waals surface area (Å²) in [6.45, 7) is 4.36. The number of benzene rings is 1. The SMILES string of the molecule is C[C@@]1(CCC(=O)O)Oc2ccccc2[C@@H]2OC[C@]3(CCCN3C(=O)CCN3CCCC3=O)C[C@H]21. The van der Waals surface area contributed by atoms with Gasteiger partial charge in [0.15, 0.2) is 0 Å². The molecule has 0 aromatic heterocycles. The Kier molecular flexibility index (Phi) is 6.04. The number of carbonyl (C=O) groups is 3. The van der Waals surface area contributed by atoms with E-state index in [1.54, 1.807) is 4.90 Å². The molecule has 4 aliphatic heterocycles. The molecular formula is C26H34N2O6. The van der Waals surface area contributed by atoms with Crippen LogP contribution in [0.3, 0.4) is 0 Å². The van der Waals surface area contributed by atoms with Crippen molar-refractivity contribution in [2.45, 2.75) is 75.5 Å². The van der Waals surface area contributed by atoms with Crippen molar-refractivity contribution >= 4 is 17.8 Å². The van der Waals surface area contributed by atoms with Crippen molar-refractivity contribution < 1.29 is 29.0 Å². The highest BCUT2D eigenvalue weighted by Gasteiger charge is 2.57. The van der Waals surface area contributed by atoms with Crippen LogP contribution in [0.2, 0.25) is 0 Å². The molecular weight excluding hydrogens is 436 g/mol. The first-order valence-electron chi connectivity index (χ1n) is 12.5. The summed E-state index contributed by atoms with van der Waals surface area (Å²) in [6, 6.07) is 7.83. The molecule has 184 valence electrons. The number of nitrogens with zero attached hydrogens (tertiary/aromatic N) is 2. The van der Waals surface area contributed by atoms with E-state index in [0.717, 1.165) is 43.5 Å². The van der Waals surface area contributed by atoms with Crippen LogP contribution in [0.4, 0.5) is 0 Å². The Balaban J connectivity index is 1.37. The fourth-order valence-electron chi connectivity index (χ4n) is 6.50. The summed E-state index contributed by atoms with van der Waals surface area (Å²) >= 11 is 0. The van der Waals surface area contributed by atoms with Crippen LogP contribution in [0.5, 0.6) is 5.75 Å². The van der Waals surface area contributed by atoms with Crippen LogP contribution in [-0.2, 0) is 19.1 Å². The first kappa shape index (κ1) is 23.1. The Hall–Kier alpha value is -2.61. The van der Waals surface area contributed by atoms with Gasteiger partial charge >= 0.3 is 5.97 Å². The molecule has 0 radical (unpaired) electrons. The minimum atomic E-state index is -0.846. The Labute approximate surface area is 200 Å². The van der Waals surface area contributed by atoms with Crippen molar-refractivity contribution in [2.24, 2.45) is 5.92 Å². The average molecular weight is 471 g/mol. The van der Waals surface area contributed by atoms with E-state index in [2.05, 4.69) is 0 Å². The van der Waals surface area contributed by atoms with Gasteiger partial charge in [-0.2, -0.15) is 0 Å². The van der Waals surface area contributed by atoms with Crippen LogP contribution in [0.1, 0.15) is 70.0 Å². The van der Waals surface area contributed by atoms with E-state index in [-0.39, 0.29) is 30.3 Å². The zero-order valence-corrected chi connectivity index (χ0v) is 19.8. The number of likely N-dealkylation sites (tertiary alicyclic amines) is 2. The lowest BCUT2D eigenvalue weighted by Gasteiger charge is -2.54. The standard InChI is InChI=1S/C26H34N2O6/c1-25(12-9-23(31)32)19-16-26(17-33-24(19)18-6-2-3-7-20(18)34-25)11-5-14-28(26)22(30)10-15-27-13-4-8-21(27)29/h2-3,6-7,19,24H,4-5,8-17H2,1H3,(H,31,32)/t19-,24+,25+,26+/m1/s1. The molecule has 4 aliphatic rings. The third kappa shape index (κ3) is 4.06. The molecule has 0 saturated carbocycles.